The van der Waals surface area contributed by atoms with Gasteiger partial charge in [-0.05, 0) is 23.6 Å². The topological polar surface area (TPSA) is 54.2 Å². The van der Waals surface area contributed by atoms with Crippen molar-refractivity contribution >= 4 is 29.9 Å². The number of guanidine groups is 1. The molecule has 23 heavy (non-hydrogen) atoms. The molecule has 2 rings (SSSR count). The van der Waals surface area contributed by atoms with Gasteiger partial charge in [-0.15, -0.1) is 24.0 Å². The SMILES string of the molecule is CN=C(NCc1ccc(-n2ccnc2)c(F)c1)NCC(C)C.I. The van der Waals surface area contributed by atoms with E-state index in [2.05, 4.69) is 34.5 Å². The van der Waals surface area contributed by atoms with E-state index in [1.54, 1.807) is 36.4 Å². The monoisotopic (exact) mass is 431 g/mol. The zero-order chi connectivity index (χ0) is 15.9. The lowest BCUT2D eigenvalue weighted by atomic mass is 10.2. The van der Waals surface area contributed by atoms with Gasteiger partial charge in [0.05, 0.1) is 12.0 Å². The van der Waals surface area contributed by atoms with Gasteiger partial charge in [0.25, 0.3) is 0 Å². The summed E-state index contributed by atoms with van der Waals surface area (Å²) in [4.78, 5) is 8.07. The normalized spacial score (nSPS) is 11.3. The minimum atomic E-state index is -0.276. The average Bonchev–Trinajstić information content (AvgIpc) is 3.01. The number of nitrogens with one attached hydrogen (secondary N) is 2. The Kier molecular flexibility index (Phi) is 8.01. The van der Waals surface area contributed by atoms with Crippen LogP contribution in [0.25, 0.3) is 5.69 Å². The Bertz CT molecular complexity index is 625. The van der Waals surface area contributed by atoms with Crippen molar-refractivity contribution in [2.75, 3.05) is 13.6 Å². The first kappa shape index (κ1) is 19.4. The van der Waals surface area contributed by atoms with Crippen LogP contribution in [0, 0.1) is 11.7 Å². The van der Waals surface area contributed by atoms with E-state index in [1.165, 1.54) is 6.07 Å². The van der Waals surface area contributed by atoms with Crippen molar-refractivity contribution in [3.8, 4) is 5.69 Å². The number of imidazole rings is 1. The largest absolute Gasteiger partial charge is 0.356 e. The van der Waals surface area contributed by atoms with Crippen molar-refractivity contribution in [1.82, 2.24) is 20.2 Å². The molecule has 0 amide bonds. The molecule has 5 nitrogen and oxygen atoms in total. The molecule has 0 fully saturated rings. The summed E-state index contributed by atoms with van der Waals surface area (Å²) in [5, 5.41) is 6.40. The van der Waals surface area contributed by atoms with E-state index in [0.29, 0.717) is 24.1 Å². The van der Waals surface area contributed by atoms with Crippen molar-refractivity contribution in [2.45, 2.75) is 20.4 Å². The molecule has 1 aromatic carbocycles. The van der Waals surface area contributed by atoms with Gasteiger partial charge in [-0.2, -0.15) is 0 Å². The number of benzene rings is 1. The predicted octanol–water partition coefficient (Wildman–Crippen LogP) is 2.95. The minimum absolute atomic E-state index is 0. The first-order chi connectivity index (χ1) is 10.6. The minimum Gasteiger partial charge on any atom is -0.356 e. The lowest BCUT2D eigenvalue weighted by molar-refractivity contribution is 0.610. The molecule has 0 spiro atoms. The number of hydrogen-bond donors (Lipinski definition) is 2. The molecule has 0 unspecified atom stereocenters. The van der Waals surface area contributed by atoms with Crippen LogP contribution in [0.1, 0.15) is 19.4 Å². The van der Waals surface area contributed by atoms with E-state index < -0.39 is 0 Å². The quantitative estimate of drug-likeness (QED) is 0.435. The van der Waals surface area contributed by atoms with Gasteiger partial charge in [0.15, 0.2) is 5.96 Å². The number of nitrogens with zero attached hydrogens (tertiary/aromatic N) is 3. The molecule has 2 N–H and O–H groups in total. The van der Waals surface area contributed by atoms with Gasteiger partial charge in [-0.25, -0.2) is 9.37 Å². The summed E-state index contributed by atoms with van der Waals surface area (Å²) in [6.07, 6.45) is 4.92. The molecule has 0 saturated carbocycles. The highest BCUT2D eigenvalue weighted by molar-refractivity contribution is 14.0. The van der Waals surface area contributed by atoms with Crippen molar-refractivity contribution in [3.05, 3.63) is 48.3 Å². The Hall–Kier alpha value is -1.64. The number of halogens is 2. The second kappa shape index (κ2) is 9.49. The zero-order valence-corrected chi connectivity index (χ0v) is 15.9. The fraction of sp³-hybridized carbons (Fsp3) is 0.375. The van der Waals surface area contributed by atoms with Crippen LogP contribution < -0.4 is 10.6 Å². The first-order valence-corrected chi connectivity index (χ1v) is 7.31. The summed E-state index contributed by atoms with van der Waals surface area (Å²) in [5.41, 5.74) is 1.34. The smallest absolute Gasteiger partial charge is 0.191 e. The second-order valence-electron chi connectivity index (χ2n) is 5.46. The first-order valence-electron chi connectivity index (χ1n) is 7.31. The lowest BCUT2D eigenvalue weighted by Crippen LogP contribution is -2.38. The summed E-state index contributed by atoms with van der Waals surface area (Å²) in [7, 11) is 1.72. The Morgan fingerprint density at radius 3 is 2.70 bits per heavy atom. The van der Waals surface area contributed by atoms with Crippen LogP contribution in [0.15, 0.2) is 41.9 Å². The van der Waals surface area contributed by atoms with Gasteiger partial charge in [0.2, 0.25) is 0 Å². The number of aliphatic imine (C=N–C) groups is 1. The molecule has 0 radical (unpaired) electrons. The maximum atomic E-state index is 14.2. The Balaban J connectivity index is 0.00000264. The molecule has 7 heteroatoms. The van der Waals surface area contributed by atoms with E-state index >= 15 is 0 Å². The predicted molar refractivity (Wildman–Crippen MR) is 102 cm³/mol. The second-order valence-corrected chi connectivity index (χ2v) is 5.46. The van der Waals surface area contributed by atoms with Gasteiger partial charge in [-0.3, -0.25) is 4.99 Å². The fourth-order valence-corrected chi connectivity index (χ4v) is 1.98. The van der Waals surface area contributed by atoms with E-state index in [-0.39, 0.29) is 29.8 Å². The van der Waals surface area contributed by atoms with Gasteiger partial charge in [-0.1, -0.05) is 19.9 Å². The Labute approximate surface area is 153 Å². The standard InChI is InChI=1S/C16H22FN5.HI/c1-12(2)9-20-16(18-3)21-10-13-4-5-15(14(17)8-13)22-7-6-19-11-22;/h4-8,11-12H,9-10H2,1-3H3,(H2,18,20,21);1H. The highest BCUT2D eigenvalue weighted by atomic mass is 127. The molecular weight excluding hydrogens is 408 g/mol. The molecule has 0 saturated heterocycles. The Morgan fingerprint density at radius 2 is 2.13 bits per heavy atom. The summed E-state index contributed by atoms with van der Waals surface area (Å²) in [6.45, 7) is 5.61. The van der Waals surface area contributed by atoms with Crippen molar-refractivity contribution in [2.24, 2.45) is 10.9 Å². The van der Waals surface area contributed by atoms with Gasteiger partial charge in [0.1, 0.15) is 5.82 Å². The van der Waals surface area contributed by atoms with Crippen molar-refractivity contribution in [1.29, 1.82) is 0 Å². The van der Waals surface area contributed by atoms with E-state index in [1.807, 2.05) is 6.07 Å². The van der Waals surface area contributed by atoms with Crippen molar-refractivity contribution in [3.63, 3.8) is 0 Å². The summed E-state index contributed by atoms with van der Waals surface area (Å²) in [5.74, 6) is 0.973. The van der Waals surface area contributed by atoms with Crippen LogP contribution in [0.3, 0.4) is 0 Å². The van der Waals surface area contributed by atoms with Gasteiger partial charge < -0.3 is 15.2 Å². The maximum Gasteiger partial charge on any atom is 0.191 e. The molecule has 0 atom stereocenters. The van der Waals surface area contributed by atoms with Crippen LogP contribution in [0.5, 0.6) is 0 Å². The fourth-order valence-electron chi connectivity index (χ4n) is 1.98. The van der Waals surface area contributed by atoms with Crippen LogP contribution in [0.2, 0.25) is 0 Å². The molecule has 1 aromatic heterocycles. The van der Waals surface area contributed by atoms with Crippen LogP contribution in [-0.4, -0.2) is 29.1 Å². The molecule has 0 bridgehead atoms. The third-order valence-electron chi connectivity index (χ3n) is 3.16. The lowest BCUT2D eigenvalue weighted by Gasteiger charge is -2.14. The number of aromatic nitrogens is 2. The highest BCUT2D eigenvalue weighted by Gasteiger charge is 2.06. The number of rotatable bonds is 5. The molecule has 0 aliphatic heterocycles. The van der Waals surface area contributed by atoms with E-state index in [0.717, 1.165) is 12.1 Å². The van der Waals surface area contributed by atoms with Gasteiger partial charge in [0, 0.05) is 32.5 Å². The average molecular weight is 431 g/mol. The van der Waals surface area contributed by atoms with Gasteiger partial charge >= 0.3 is 0 Å². The molecule has 0 aliphatic rings. The van der Waals surface area contributed by atoms with E-state index in [9.17, 15) is 4.39 Å². The maximum absolute atomic E-state index is 14.2. The molecular formula is C16H23FIN5. The van der Waals surface area contributed by atoms with E-state index in [4.69, 9.17) is 0 Å². The van der Waals surface area contributed by atoms with Crippen LogP contribution >= 0.6 is 24.0 Å². The molecule has 1 heterocycles. The number of hydrogen-bond acceptors (Lipinski definition) is 2. The third-order valence-corrected chi connectivity index (χ3v) is 3.16. The Morgan fingerprint density at radius 1 is 1.35 bits per heavy atom. The zero-order valence-electron chi connectivity index (χ0n) is 13.6. The van der Waals surface area contributed by atoms with Crippen LogP contribution in [-0.2, 0) is 6.54 Å². The van der Waals surface area contributed by atoms with Crippen LogP contribution in [0.4, 0.5) is 4.39 Å². The molecule has 126 valence electrons. The van der Waals surface area contributed by atoms with Crippen molar-refractivity contribution < 1.29 is 4.39 Å². The molecule has 0 aliphatic carbocycles. The summed E-state index contributed by atoms with van der Waals surface area (Å²) < 4.78 is 15.8. The third kappa shape index (κ3) is 5.81. The summed E-state index contributed by atoms with van der Waals surface area (Å²) >= 11 is 0. The summed E-state index contributed by atoms with van der Waals surface area (Å²) in [6, 6.07) is 5.16. The highest BCUT2D eigenvalue weighted by Crippen LogP contribution is 2.14. The molecule has 2 aromatic rings.